The SMILES string of the molecule is Cc1nsc2ncnc(N3CC(CN)CC3C)c12. The Kier molecular flexibility index (Phi) is 2.91. The van der Waals surface area contributed by atoms with E-state index in [1.807, 2.05) is 6.92 Å². The van der Waals surface area contributed by atoms with E-state index in [1.54, 1.807) is 6.33 Å². The summed E-state index contributed by atoms with van der Waals surface area (Å²) in [6, 6.07) is 0.482. The Morgan fingerprint density at radius 2 is 2.33 bits per heavy atom. The number of anilines is 1. The average molecular weight is 263 g/mol. The van der Waals surface area contributed by atoms with Crippen molar-refractivity contribution >= 4 is 27.6 Å². The first-order chi connectivity index (χ1) is 8.70. The Morgan fingerprint density at radius 1 is 1.50 bits per heavy atom. The molecule has 1 fully saturated rings. The first kappa shape index (κ1) is 11.8. The third-order valence-electron chi connectivity index (χ3n) is 3.69. The monoisotopic (exact) mass is 263 g/mol. The van der Waals surface area contributed by atoms with Crippen molar-refractivity contribution in [3.8, 4) is 0 Å². The highest BCUT2D eigenvalue weighted by molar-refractivity contribution is 7.13. The van der Waals surface area contributed by atoms with Crippen molar-refractivity contribution in [2.45, 2.75) is 26.3 Å². The third-order valence-corrected chi connectivity index (χ3v) is 4.54. The minimum absolute atomic E-state index is 0.482. The summed E-state index contributed by atoms with van der Waals surface area (Å²) in [6.07, 6.45) is 2.77. The van der Waals surface area contributed by atoms with Crippen molar-refractivity contribution in [3.05, 3.63) is 12.0 Å². The summed E-state index contributed by atoms with van der Waals surface area (Å²) < 4.78 is 4.38. The molecule has 3 heterocycles. The fourth-order valence-electron chi connectivity index (χ4n) is 2.73. The molecular formula is C12H17N5S. The predicted molar refractivity (Wildman–Crippen MR) is 73.9 cm³/mol. The van der Waals surface area contributed by atoms with Gasteiger partial charge in [-0.3, -0.25) is 0 Å². The van der Waals surface area contributed by atoms with Crippen LogP contribution in [0, 0.1) is 12.8 Å². The summed E-state index contributed by atoms with van der Waals surface area (Å²) in [5.41, 5.74) is 6.81. The molecule has 2 aromatic rings. The number of nitrogens with zero attached hydrogens (tertiary/aromatic N) is 4. The summed E-state index contributed by atoms with van der Waals surface area (Å²) >= 11 is 1.44. The zero-order valence-corrected chi connectivity index (χ0v) is 11.4. The van der Waals surface area contributed by atoms with Gasteiger partial charge in [-0.2, -0.15) is 4.37 Å². The molecule has 2 atom stereocenters. The number of aromatic nitrogens is 3. The summed E-state index contributed by atoms with van der Waals surface area (Å²) in [4.78, 5) is 12.1. The zero-order chi connectivity index (χ0) is 12.7. The molecular weight excluding hydrogens is 246 g/mol. The van der Waals surface area contributed by atoms with Crippen molar-refractivity contribution < 1.29 is 0 Å². The van der Waals surface area contributed by atoms with Gasteiger partial charge in [0.05, 0.1) is 11.1 Å². The molecule has 2 aromatic heterocycles. The first-order valence-corrected chi connectivity index (χ1v) is 7.01. The second-order valence-corrected chi connectivity index (χ2v) is 5.74. The van der Waals surface area contributed by atoms with Gasteiger partial charge >= 0.3 is 0 Å². The molecule has 1 aliphatic heterocycles. The van der Waals surface area contributed by atoms with Crippen LogP contribution in [-0.2, 0) is 0 Å². The van der Waals surface area contributed by atoms with E-state index in [0.717, 1.165) is 41.2 Å². The minimum Gasteiger partial charge on any atom is -0.353 e. The van der Waals surface area contributed by atoms with Crippen molar-refractivity contribution in [1.29, 1.82) is 0 Å². The maximum atomic E-state index is 5.79. The molecule has 3 rings (SSSR count). The third kappa shape index (κ3) is 1.76. The van der Waals surface area contributed by atoms with Gasteiger partial charge < -0.3 is 10.6 Å². The maximum absolute atomic E-state index is 5.79. The Labute approximate surface area is 110 Å². The van der Waals surface area contributed by atoms with Crippen molar-refractivity contribution in [2.75, 3.05) is 18.0 Å². The highest BCUT2D eigenvalue weighted by Gasteiger charge is 2.30. The van der Waals surface area contributed by atoms with Crippen LogP contribution in [0.2, 0.25) is 0 Å². The molecule has 0 bridgehead atoms. The van der Waals surface area contributed by atoms with Crippen molar-refractivity contribution in [2.24, 2.45) is 11.7 Å². The fraction of sp³-hybridized carbons (Fsp3) is 0.583. The molecule has 6 heteroatoms. The number of hydrogen-bond acceptors (Lipinski definition) is 6. The van der Waals surface area contributed by atoms with Gasteiger partial charge in [0.1, 0.15) is 17.0 Å². The molecule has 1 aliphatic rings. The highest BCUT2D eigenvalue weighted by atomic mass is 32.1. The van der Waals surface area contributed by atoms with Crippen molar-refractivity contribution in [1.82, 2.24) is 14.3 Å². The molecule has 0 aromatic carbocycles. The van der Waals surface area contributed by atoms with Gasteiger partial charge in [-0.15, -0.1) is 0 Å². The predicted octanol–water partition coefficient (Wildman–Crippen LogP) is 1.57. The lowest BCUT2D eigenvalue weighted by atomic mass is 10.1. The average Bonchev–Trinajstić information content (AvgIpc) is 2.93. The second-order valence-electron chi connectivity index (χ2n) is 4.98. The van der Waals surface area contributed by atoms with E-state index in [4.69, 9.17) is 5.73 Å². The number of aryl methyl sites for hydroxylation is 1. The van der Waals surface area contributed by atoms with E-state index in [0.29, 0.717) is 12.0 Å². The smallest absolute Gasteiger partial charge is 0.149 e. The lowest BCUT2D eigenvalue weighted by Gasteiger charge is -2.23. The number of fused-ring (bicyclic) bond motifs is 1. The standard InChI is InChI=1S/C12H17N5S/c1-7-3-9(4-13)5-17(7)11-10-8(2)16-18-12(10)15-6-14-11/h6-7,9H,3-5,13H2,1-2H3. The van der Waals surface area contributed by atoms with Crippen LogP contribution >= 0.6 is 11.5 Å². The van der Waals surface area contributed by atoms with Crippen LogP contribution in [0.3, 0.4) is 0 Å². The van der Waals surface area contributed by atoms with Gasteiger partial charge in [-0.1, -0.05) is 0 Å². The highest BCUT2D eigenvalue weighted by Crippen LogP contribution is 2.34. The summed E-state index contributed by atoms with van der Waals surface area (Å²) in [5, 5.41) is 1.10. The lowest BCUT2D eigenvalue weighted by molar-refractivity contribution is 0.579. The Morgan fingerprint density at radius 3 is 3.06 bits per heavy atom. The summed E-state index contributed by atoms with van der Waals surface area (Å²) in [6.45, 7) is 5.99. The van der Waals surface area contributed by atoms with Crippen LogP contribution in [0.5, 0.6) is 0 Å². The van der Waals surface area contributed by atoms with E-state index in [1.165, 1.54) is 11.5 Å². The van der Waals surface area contributed by atoms with E-state index in [-0.39, 0.29) is 0 Å². The van der Waals surface area contributed by atoms with Crippen LogP contribution < -0.4 is 10.6 Å². The number of hydrogen-bond donors (Lipinski definition) is 1. The van der Waals surface area contributed by atoms with Crippen LogP contribution in [0.25, 0.3) is 10.2 Å². The molecule has 0 amide bonds. The molecule has 96 valence electrons. The van der Waals surface area contributed by atoms with Gasteiger partial charge in [0, 0.05) is 12.6 Å². The molecule has 1 saturated heterocycles. The normalized spacial score (nSPS) is 24.1. The number of rotatable bonds is 2. The first-order valence-electron chi connectivity index (χ1n) is 6.24. The van der Waals surface area contributed by atoms with Gasteiger partial charge in [-0.05, 0) is 44.3 Å². The molecule has 0 radical (unpaired) electrons. The van der Waals surface area contributed by atoms with E-state index in [2.05, 4.69) is 26.2 Å². The second kappa shape index (κ2) is 4.44. The molecule has 2 N–H and O–H groups in total. The summed E-state index contributed by atoms with van der Waals surface area (Å²) in [7, 11) is 0. The molecule has 0 saturated carbocycles. The Hall–Kier alpha value is -1.27. The van der Waals surface area contributed by atoms with Gasteiger partial charge in [0.25, 0.3) is 0 Å². The van der Waals surface area contributed by atoms with Gasteiger partial charge in [0.2, 0.25) is 0 Å². The zero-order valence-electron chi connectivity index (χ0n) is 10.6. The van der Waals surface area contributed by atoms with Crippen molar-refractivity contribution in [3.63, 3.8) is 0 Å². The molecule has 0 spiro atoms. The van der Waals surface area contributed by atoms with Crippen LogP contribution in [0.4, 0.5) is 5.82 Å². The molecule has 0 aliphatic carbocycles. The Balaban J connectivity index is 2.06. The minimum atomic E-state index is 0.482. The van der Waals surface area contributed by atoms with Gasteiger partial charge in [0.15, 0.2) is 0 Å². The van der Waals surface area contributed by atoms with E-state index < -0.39 is 0 Å². The lowest BCUT2D eigenvalue weighted by Crippen LogP contribution is -2.28. The quantitative estimate of drug-likeness (QED) is 0.890. The van der Waals surface area contributed by atoms with Crippen LogP contribution in [0.15, 0.2) is 6.33 Å². The maximum Gasteiger partial charge on any atom is 0.149 e. The largest absolute Gasteiger partial charge is 0.353 e. The Bertz CT molecular complexity index is 567. The summed E-state index contributed by atoms with van der Waals surface area (Å²) in [5.74, 6) is 1.59. The van der Waals surface area contributed by atoms with E-state index in [9.17, 15) is 0 Å². The fourth-order valence-corrected chi connectivity index (χ4v) is 3.47. The van der Waals surface area contributed by atoms with Gasteiger partial charge in [-0.25, -0.2) is 9.97 Å². The number of nitrogens with two attached hydrogens (primary N) is 1. The topological polar surface area (TPSA) is 67.9 Å². The van der Waals surface area contributed by atoms with Crippen LogP contribution in [0.1, 0.15) is 19.0 Å². The molecule has 18 heavy (non-hydrogen) atoms. The molecule has 2 unspecified atom stereocenters. The van der Waals surface area contributed by atoms with E-state index >= 15 is 0 Å². The van der Waals surface area contributed by atoms with Crippen LogP contribution in [-0.4, -0.2) is 33.5 Å². The molecule has 5 nitrogen and oxygen atoms in total.